The summed E-state index contributed by atoms with van der Waals surface area (Å²) in [6.07, 6.45) is 1.38. The standard InChI is InChI=1S/C15H12N2O4S/c1-20-12-3-2-9(7-16-12)15-17-11(6-13(18)19)14(21-15)10-4-5-22-8-10/h2-5,7-8H,6H2,1H3,(H,18,19). The number of carboxylic acids is 1. The van der Waals surface area contributed by atoms with Gasteiger partial charge in [-0.15, -0.1) is 0 Å². The smallest absolute Gasteiger partial charge is 0.309 e. The first kappa shape index (κ1) is 14.3. The number of carboxylic acid groups (broad SMARTS) is 1. The van der Waals surface area contributed by atoms with Crippen LogP contribution in [0.3, 0.4) is 0 Å². The predicted molar refractivity (Wildman–Crippen MR) is 80.9 cm³/mol. The summed E-state index contributed by atoms with van der Waals surface area (Å²) < 4.78 is 10.8. The Balaban J connectivity index is 2.03. The van der Waals surface area contributed by atoms with Crippen LogP contribution in [0.5, 0.6) is 5.88 Å². The number of aliphatic carboxylic acids is 1. The number of ether oxygens (including phenoxy) is 1. The first-order valence-electron chi connectivity index (χ1n) is 6.42. The van der Waals surface area contributed by atoms with Gasteiger partial charge in [0.2, 0.25) is 11.8 Å². The maximum atomic E-state index is 11.0. The van der Waals surface area contributed by atoms with Crippen molar-refractivity contribution in [1.82, 2.24) is 9.97 Å². The van der Waals surface area contributed by atoms with E-state index in [-0.39, 0.29) is 6.42 Å². The zero-order valence-corrected chi connectivity index (χ0v) is 12.5. The van der Waals surface area contributed by atoms with Crippen molar-refractivity contribution in [2.24, 2.45) is 0 Å². The number of hydrogen-bond donors (Lipinski definition) is 1. The highest BCUT2D eigenvalue weighted by molar-refractivity contribution is 7.08. The van der Waals surface area contributed by atoms with Crippen molar-refractivity contribution in [3.8, 4) is 28.7 Å². The lowest BCUT2D eigenvalue weighted by Gasteiger charge is -1.98. The van der Waals surface area contributed by atoms with E-state index in [1.165, 1.54) is 18.4 Å². The lowest BCUT2D eigenvalue weighted by atomic mass is 10.2. The predicted octanol–water partition coefficient (Wildman–Crippen LogP) is 3.10. The molecule has 0 aliphatic heterocycles. The summed E-state index contributed by atoms with van der Waals surface area (Å²) in [6, 6.07) is 5.33. The monoisotopic (exact) mass is 316 g/mol. The third-order valence-electron chi connectivity index (χ3n) is 2.99. The van der Waals surface area contributed by atoms with Gasteiger partial charge in [0.15, 0.2) is 5.76 Å². The molecule has 0 amide bonds. The van der Waals surface area contributed by atoms with E-state index in [9.17, 15) is 4.79 Å². The molecule has 3 rings (SSSR count). The summed E-state index contributed by atoms with van der Waals surface area (Å²) in [5, 5.41) is 12.8. The van der Waals surface area contributed by atoms with Crippen LogP contribution in [0.25, 0.3) is 22.8 Å². The fourth-order valence-electron chi connectivity index (χ4n) is 1.99. The highest BCUT2D eigenvalue weighted by Crippen LogP contribution is 2.31. The van der Waals surface area contributed by atoms with Crippen LogP contribution in [0.4, 0.5) is 0 Å². The second kappa shape index (κ2) is 5.98. The van der Waals surface area contributed by atoms with Gasteiger partial charge < -0.3 is 14.3 Å². The number of methoxy groups -OCH3 is 1. The van der Waals surface area contributed by atoms with Gasteiger partial charge in [0, 0.05) is 23.2 Å². The molecule has 7 heteroatoms. The van der Waals surface area contributed by atoms with Crippen molar-refractivity contribution in [2.75, 3.05) is 7.11 Å². The number of rotatable bonds is 5. The first-order chi connectivity index (χ1) is 10.7. The molecular weight excluding hydrogens is 304 g/mol. The van der Waals surface area contributed by atoms with Gasteiger partial charge in [-0.05, 0) is 17.5 Å². The van der Waals surface area contributed by atoms with Gasteiger partial charge in [0.05, 0.1) is 24.8 Å². The summed E-state index contributed by atoms with van der Waals surface area (Å²) >= 11 is 1.51. The Hall–Kier alpha value is -2.67. The molecule has 0 atom stereocenters. The van der Waals surface area contributed by atoms with E-state index in [1.807, 2.05) is 16.8 Å². The van der Waals surface area contributed by atoms with Gasteiger partial charge >= 0.3 is 5.97 Å². The minimum Gasteiger partial charge on any atom is -0.481 e. The van der Waals surface area contributed by atoms with E-state index in [0.717, 1.165) is 5.56 Å². The molecule has 3 aromatic rings. The Kier molecular flexibility index (Phi) is 3.88. The van der Waals surface area contributed by atoms with Gasteiger partial charge in [-0.3, -0.25) is 4.79 Å². The van der Waals surface area contributed by atoms with Gasteiger partial charge in [0.1, 0.15) is 0 Å². The molecule has 1 N–H and O–H groups in total. The third-order valence-corrected chi connectivity index (χ3v) is 3.68. The average Bonchev–Trinajstić information content (AvgIpc) is 3.16. The normalized spacial score (nSPS) is 10.6. The minimum atomic E-state index is -0.954. The van der Waals surface area contributed by atoms with E-state index in [0.29, 0.717) is 28.8 Å². The van der Waals surface area contributed by atoms with Crippen LogP contribution in [0.15, 0.2) is 39.6 Å². The van der Waals surface area contributed by atoms with Crippen molar-refractivity contribution in [1.29, 1.82) is 0 Å². The van der Waals surface area contributed by atoms with Crippen molar-refractivity contribution in [3.63, 3.8) is 0 Å². The van der Waals surface area contributed by atoms with Crippen LogP contribution >= 0.6 is 11.3 Å². The number of thiophene rings is 1. The maximum absolute atomic E-state index is 11.0. The highest BCUT2D eigenvalue weighted by Gasteiger charge is 2.19. The van der Waals surface area contributed by atoms with Crippen molar-refractivity contribution < 1.29 is 19.1 Å². The summed E-state index contributed by atoms with van der Waals surface area (Å²) in [7, 11) is 1.53. The lowest BCUT2D eigenvalue weighted by molar-refractivity contribution is -0.136. The van der Waals surface area contributed by atoms with Crippen LogP contribution in [-0.4, -0.2) is 28.2 Å². The molecule has 0 aromatic carbocycles. The number of aromatic nitrogens is 2. The summed E-state index contributed by atoms with van der Waals surface area (Å²) in [5.41, 5.74) is 1.88. The van der Waals surface area contributed by atoms with E-state index in [4.69, 9.17) is 14.3 Å². The topological polar surface area (TPSA) is 85.5 Å². The fraction of sp³-hybridized carbons (Fsp3) is 0.133. The van der Waals surface area contributed by atoms with E-state index < -0.39 is 5.97 Å². The summed E-state index contributed by atoms with van der Waals surface area (Å²) in [4.78, 5) is 19.4. The van der Waals surface area contributed by atoms with E-state index in [2.05, 4.69) is 9.97 Å². The molecule has 0 spiro atoms. The first-order valence-corrected chi connectivity index (χ1v) is 7.36. The van der Waals surface area contributed by atoms with Crippen LogP contribution in [0.2, 0.25) is 0 Å². The number of carbonyl (C=O) groups is 1. The molecule has 3 heterocycles. The minimum absolute atomic E-state index is 0.196. The highest BCUT2D eigenvalue weighted by atomic mass is 32.1. The fourth-order valence-corrected chi connectivity index (χ4v) is 2.62. The van der Waals surface area contributed by atoms with Crippen molar-refractivity contribution in [2.45, 2.75) is 6.42 Å². The molecule has 0 fully saturated rings. The molecule has 112 valence electrons. The van der Waals surface area contributed by atoms with Gasteiger partial charge in [-0.2, -0.15) is 11.3 Å². The Morgan fingerprint density at radius 1 is 1.36 bits per heavy atom. The maximum Gasteiger partial charge on any atom is 0.309 e. The second-order valence-electron chi connectivity index (χ2n) is 4.47. The van der Waals surface area contributed by atoms with Crippen LogP contribution in [-0.2, 0) is 11.2 Å². The zero-order chi connectivity index (χ0) is 15.5. The summed E-state index contributed by atoms with van der Waals surface area (Å²) in [6.45, 7) is 0. The lowest BCUT2D eigenvalue weighted by Crippen LogP contribution is -2.01. The molecule has 6 nitrogen and oxygen atoms in total. The third kappa shape index (κ3) is 2.84. The van der Waals surface area contributed by atoms with Gasteiger partial charge in [-0.1, -0.05) is 0 Å². The quantitative estimate of drug-likeness (QED) is 0.778. The van der Waals surface area contributed by atoms with Crippen LogP contribution in [0, 0.1) is 0 Å². The molecule has 0 radical (unpaired) electrons. The SMILES string of the molecule is COc1ccc(-c2nc(CC(=O)O)c(-c3ccsc3)o2)cn1. The van der Waals surface area contributed by atoms with Gasteiger partial charge in [0.25, 0.3) is 0 Å². The molecule has 3 aromatic heterocycles. The molecule has 22 heavy (non-hydrogen) atoms. The summed E-state index contributed by atoms with van der Waals surface area (Å²) in [5.74, 6) is 0.352. The largest absolute Gasteiger partial charge is 0.481 e. The second-order valence-corrected chi connectivity index (χ2v) is 5.25. The van der Waals surface area contributed by atoms with Gasteiger partial charge in [-0.25, -0.2) is 9.97 Å². The molecule has 0 aliphatic carbocycles. The van der Waals surface area contributed by atoms with E-state index >= 15 is 0 Å². The van der Waals surface area contributed by atoms with Crippen LogP contribution in [0.1, 0.15) is 5.69 Å². The molecular formula is C15H12N2O4S. The van der Waals surface area contributed by atoms with Crippen molar-refractivity contribution >= 4 is 17.3 Å². The molecule has 0 saturated heterocycles. The number of pyridine rings is 1. The Labute approximate surface area is 130 Å². The van der Waals surface area contributed by atoms with E-state index in [1.54, 1.807) is 18.3 Å². The Bertz CT molecular complexity index is 778. The Morgan fingerprint density at radius 3 is 2.82 bits per heavy atom. The van der Waals surface area contributed by atoms with Crippen molar-refractivity contribution in [3.05, 3.63) is 40.8 Å². The molecule has 0 unspecified atom stereocenters. The van der Waals surface area contributed by atoms with Crippen LogP contribution < -0.4 is 4.74 Å². The number of oxazole rings is 1. The molecule has 0 aliphatic rings. The molecule has 0 bridgehead atoms. The number of nitrogens with zero attached hydrogens (tertiary/aromatic N) is 2. The number of hydrogen-bond acceptors (Lipinski definition) is 6. The average molecular weight is 316 g/mol. The zero-order valence-electron chi connectivity index (χ0n) is 11.6. The molecule has 0 saturated carbocycles. The Morgan fingerprint density at radius 2 is 2.23 bits per heavy atom.